The van der Waals surface area contributed by atoms with Crippen LogP contribution < -0.4 is 0 Å². The van der Waals surface area contributed by atoms with Gasteiger partial charge in [-0.25, -0.2) is 8.42 Å². The topological polar surface area (TPSA) is 37.4 Å². The second-order valence-corrected chi connectivity index (χ2v) is 7.20. The maximum absolute atomic E-state index is 11.9. The van der Waals surface area contributed by atoms with E-state index in [1.165, 1.54) is 11.8 Å². The molecule has 0 aromatic heterocycles. The molecule has 104 valence electrons. The number of hydrogen-bond acceptors (Lipinski definition) is 2. The van der Waals surface area contributed by atoms with Crippen molar-refractivity contribution in [3.63, 3.8) is 0 Å². The summed E-state index contributed by atoms with van der Waals surface area (Å²) >= 11 is 0. The quantitative estimate of drug-likeness (QED) is 0.851. The van der Waals surface area contributed by atoms with Crippen molar-refractivity contribution in [3.05, 3.63) is 71.3 Å². The minimum absolute atomic E-state index is 0.107. The Kier molecular flexibility index (Phi) is 3.36. The van der Waals surface area contributed by atoms with Gasteiger partial charge in [0.1, 0.15) is 0 Å². The molecular weight excluding hydrogens is 270 g/mol. The predicted molar refractivity (Wildman–Crippen MR) is 80.0 cm³/mol. The highest BCUT2D eigenvalue weighted by Crippen LogP contribution is 2.34. The molecule has 0 amide bonds. The van der Waals surface area contributed by atoms with Gasteiger partial charge in [-0.2, -0.15) is 4.31 Å². The number of hydrogen-bond donors (Lipinski definition) is 0. The maximum Gasteiger partial charge on any atom is 0.211 e. The molecule has 0 fully saturated rings. The lowest BCUT2D eigenvalue weighted by Crippen LogP contribution is -2.37. The van der Waals surface area contributed by atoms with Crippen molar-refractivity contribution >= 4 is 10.0 Å². The van der Waals surface area contributed by atoms with Crippen LogP contribution in [-0.4, -0.2) is 25.5 Å². The van der Waals surface area contributed by atoms with Gasteiger partial charge in [0, 0.05) is 19.0 Å². The zero-order valence-electron chi connectivity index (χ0n) is 11.4. The third-order valence-electron chi connectivity index (χ3n) is 3.83. The average Bonchev–Trinajstić information content (AvgIpc) is 2.46. The van der Waals surface area contributed by atoms with Gasteiger partial charge in [0.2, 0.25) is 10.0 Å². The summed E-state index contributed by atoms with van der Waals surface area (Å²) in [4.78, 5) is 0. The van der Waals surface area contributed by atoms with Crippen LogP contribution >= 0.6 is 0 Å². The molecule has 1 aliphatic rings. The summed E-state index contributed by atoms with van der Waals surface area (Å²) in [7, 11) is -3.18. The van der Waals surface area contributed by atoms with E-state index in [4.69, 9.17) is 0 Å². The fourth-order valence-electron chi connectivity index (χ4n) is 2.80. The third kappa shape index (κ3) is 2.49. The minimum Gasteiger partial charge on any atom is -0.212 e. The second-order valence-electron chi connectivity index (χ2n) is 5.22. The Balaban J connectivity index is 2.09. The van der Waals surface area contributed by atoms with Gasteiger partial charge in [0.05, 0.1) is 6.26 Å². The van der Waals surface area contributed by atoms with Crippen LogP contribution in [-0.2, 0) is 16.6 Å². The van der Waals surface area contributed by atoms with Crippen LogP contribution in [0.5, 0.6) is 0 Å². The standard InChI is InChI=1S/C16H17NO2S/c1-20(18,19)17-11-14-9-5-6-10-15(14)16(12-17)13-7-3-2-4-8-13/h2-10,16H,11-12H2,1H3. The van der Waals surface area contributed by atoms with Crippen molar-refractivity contribution < 1.29 is 8.42 Å². The fraction of sp³-hybridized carbons (Fsp3) is 0.250. The van der Waals surface area contributed by atoms with Gasteiger partial charge in [-0.1, -0.05) is 54.6 Å². The van der Waals surface area contributed by atoms with Gasteiger partial charge in [-0.3, -0.25) is 0 Å². The molecule has 1 unspecified atom stereocenters. The van der Waals surface area contributed by atoms with E-state index < -0.39 is 10.0 Å². The summed E-state index contributed by atoms with van der Waals surface area (Å²) in [6.07, 6.45) is 1.28. The Morgan fingerprint density at radius 3 is 2.35 bits per heavy atom. The molecule has 1 heterocycles. The van der Waals surface area contributed by atoms with Gasteiger partial charge in [-0.05, 0) is 16.7 Å². The number of benzene rings is 2. The van der Waals surface area contributed by atoms with Gasteiger partial charge in [0.15, 0.2) is 0 Å². The normalized spacial score (nSPS) is 19.6. The van der Waals surface area contributed by atoms with Crippen molar-refractivity contribution in [2.45, 2.75) is 12.5 Å². The molecule has 0 aliphatic carbocycles. The van der Waals surface area contributed by atoms with Gasteiger partial charge in [0.25, 0.3) is 0 Å². The Labute approximate surface area is 119 Å². The summed E-state index contributed by atoms with van der Waals surface area (Å²) in [5.74, 6) is 0.107. The Morgan fingerprint density at radius 1 is 1.00 bits per heavy atom. The van der Waals surface area contributed by atoms with Crippen molar-refractivity contribution in [3.8, 4) is 0 Å². The average molecular weight is 287 g/mol. The van der Waals surface area contributed by atoms with E-state index in [1.807, 2.05) is 36.4 Å². The predicted octanol–water partition coefficient (Wildman–Crippen LogP) is 2.59. The van der Waals surface area contributed by atoms with Crippen molar-refractivity contribution in [2.75, 3.05) is 12.8 Å². The van der Waals surface area contributed by atoms with Crippen molar-refractivity contribution in [2.24, 2.45) is 0 Å². The first-order valence-corrected chi connectivity index (χ1v) is 8.48. The molecule has 1 atom stereocenters. The van der Waals surface area contributed by atoms with E-state index in [9.17, 15) is 8.42 Å². The van der Waals surface area contributed by atoms with Crippen LogP contribution in [0.2, 0.25) is 0 Å². The second kappa shape index (κ2) is 5.04. The summed E-state index contributed by atoms with van der Waals surface area (Å²) < 4.78 is 25.4. The molecule has 1 aliphatic heterocycles. The van der Waals surface area contributed by atoms with Crippen LogP contribution in [0.1, 0.15) is 22.6 Å². The molecule has 0 spiro atoms. The molecule has 2 aromatic carbocycles. The smallest absolute Gasteiger partial charge is 0.211 e. The molecule has 4 heteroatoms. The first-order chi connectivity index (χ1) is 9.55. The summed E-state index contributed by atoms with van der Waals surface area (Å²) in [6.45, 7) is 0.984. The first-order valence-electron chi connectivity index (χ1n) is 6.63. The lowest BCUT2D eigenvalue weighted by Gasteiger charge is -2.33. The fourth-order valence-corrected chi connectivity index (χ4v) is 3.59. The Morgan fingerprint density at radius 2 is 1.65 bits per heavy atom. The molecule has 0 N–H and O–H groups in total. The largest absolute Gasteiger partial charge is 0.212 e. The van der Waals surface area contributed by atoms with Crippen LogP contribution in [0.4, 0.5) is 0 Å². The summed E-state index contributed by atoms with van der Waals surface area (Å²) in [6, 6.07) is 18.2. The van der Waals surface area contributed by atoms with E-state index in [1.54, 1.807) is 4.31 Å². The Hall–Kier alpha value is -1.65. The molecule has 0 bridgehead atoms. The van der Waals surface area contributed by atoms with Gasteiger partial charge in [-0.15, -0.1) is 0 Å². The van der Waals surface area contributed by atoms with E-state index in [0.29, 0.717) is 13.1 Å². The lowest BCUT2D eigenvalue weighted by atomic mass is 9.86. The molecule has 0 saturated heterocycles. The molecule has 0 radical (unpaired) electrons. The summed E-state index contributed by atoms with van der Waals surface area (Å²) in [5, 5.41) is 0. The molecule has 0 saturated carbocycles. The highest BCUT2D eigenvalue weighted by molar-refractivity contribution is 7.88. The highest BCUT2D eigenvalue weighted by atomic mass is 32.2. The van der Waals surface area contributed by atoms with Crippen molar-refractivity contribution in [1.29, 1.82) is 0 Å². The van der Waals surface area contributed by atoms with Gasteiger partial charge >= 0.3 is 0 Å². The van der Waals surface area contributed by atoms with Crippen LogP contribution in [0.3, 0.4) is 0 Å². The number of rotatable bonds is 2. The van der Waals surface area contributed by atoms with Crippen LogP contribution in [0.25, 0.3) is 0 Å². The van der Waals surface area contributed by atoms with E-state index in [-0.39, 0.29) is 5.92 Å². The SMILES string of the molecule is CS(=O)(=O)N1Cc2ccccc2C(c2ccccc2)C1. The summed E-state index contributed by atoms with van der Waals surface area (Å²) in [5.41, 5.74) is 3.49. The van der Waals surface area contributed by atoms with Crippen molar-refractivity contribution in [1.82, 2.24) is 4.31 Å². The number of sulfonamides is 1. The zero-order valence-corrected chi connectivity index (χ0v) is 12.2. The van der Waals surface area contributed by atoms with Crippen LogP contribution in [0, 0.1) is 0 Å². The van der Waals surface area contributed by atoms with E-state index in [0.717, 1.165) is 11.1 Å². The molecule has 20 heavy (non-hydrogen) atoms. The Bertz CT molecular complexity index is 710. The zero-order chi connectivity index (χ0) is 14.2. The lowest BCUT2D eigenvalue weighted by molar-refractivity contribution is 0.375. The third-order valence-corrected chi connectivity index (χ3v) is 5.05. The van der Waals surface area contributed by atoms with Gasteiger partial charge < -0.3 is 0 Å². The van der Waals surface area contributed by atoms with E-state index in [2.05, 4.69) is 18.2 Å². The van der Waals surface area contributed by atoms with Crippen LogP contribution in [0.15, 0.2) is 54.6 Å². The maximum atomic E-state index is 11.9. The molecular formula is C16H17NO2S. The highest BCUT2D eigenvalue weighted by Gasteiger charge is 2.30. The number of nitrogens with zero attached hydrogens (tertiary/aromatic N) is 1. The first kappa shape index (κ1) is 13.3. The molecule has 3 rings (SSSR count). The molecule has 3 nitrogen and oxygen atoms in total. The monoisotopic (exact) mass is 287 g/mol. The minimum atomic E-state index is -3.18. The molecule has 2 aromatic rings. The van der Waals surface area contributed by atoms with E-state index >= 15 is 0 Å². The number of fused-ring (bicyclic) bond motifs is 1.